The molecule has 3 rings (SSSR count). The van der Waals surface area contributed by atoms with Crippen LogP contribution < -0.4 is 5.32 Å². The van der Waals surface area contributed by atoms with Crippen molar-refractivity contribution in [1.82, 2.24) is 19.8 Å². The summed E-state index contributed by atoms with van der Waals surface area (Å²) in [5, 5.41) is 3.57. The third kappa shape index (κ3) is 4.99. The van der Waals surface area contributed by atoms with E-state index in [1.165, 1.54) is 5.56 Å². The van der Waals surface area contributed by atoms with Gasteiger partial charge in [0.25, 0.3) is 0 Å². The van der Waals surface area contributed by atoms with Crippen molar-refractivity contribution < 1.29 is 0 Å². The number of guanidine groups is 1. The number of likely N-dealkylation sites (tertiary alicyclic amines) is 1. The zero-order valence-corrected chi connectivity index (χ0v) is 18.2. The number of aromatic nitrogens is 2. The highest BCUT2D eigenvalue weighted by Crippen LogP contribution is 2.27. The fraction of sp³-hybridized carbons (Fsp3) is 0.500. The van der Waals surface area contributed by atoms with Crippen LogP contribution in [-0.2, 0) is 0 Å². The van der Waals surface area contributed by atoms with Gasteiger partial charge in [0.05, 0.1) is 12.4 Å². The van der Waals surface area contributed by atoms with Crippen molar-refractivity contribution in [3.63, 3.8) is 0 Å². The average Bonchev–Trinajstić information content (AvgIpc) is 3.18. The molecule has 0 radical (unpaired) electrons. The predicted octanol–water partition coefficient (Wildman–Crippen LogP) is 3.76. The van der Waals surface area contributed by atoms with Gasteiger partial charge in [-0.25, -0.2) is 4.98 Å². The van der Waals surface area contributed by atoms with E-state index in [0.29, 0.717) is 17.9 Å². The molecule has 26 heavy (non-hydrogen) atoms. The second kappa shape index (κ2) is 9.94. The maximum Gasteiger partial charge on any atom is 0.193 e. The van der Waals surface area contributed by atoms with E-state index in [-0.39, 0.29) is 24.0 Å². The second-order valence-electron chi connectivity index (χ2n) is 7.03. The highest BCUT2D eigenvalue weighted by molar-refractivity contribution is 14.0. The Morgan fingerprint density at radius 2 is 2.12 bits per heavy atom. The van der Waals surface area contributed by atoms with Crippen LogP contribution in [0.3, 0.4) is 0 Å². The minimum atomic E-state index is 0. The van der Waals surface area contributed by atoms with Crippen LogP contribution in [0.2, 0.25) is 0 Å². The number of rotatable bonds is 4. The molecule has 1 saturated heterocycles. The fourth-order valence-electron chi connectivity index (χ4n) is 3.57. The Hall–Kier alpha value is -1.57. The summed E-state index contributed by atoms with van der Waals surface area (Å²) in [6.07, 6.45) is 7.02. The Labute approximate surface area is 173 Å². The first-order valence-electron chi connectivity index (χ1n) is 9.17. The molecule has 142 valence electrons. The van der Waals surface area contributed by atoms with Crippen LogP contribution in [0.4, 0.5) is 0 Å². The molecule has 1 aliphatic rings. The number of hydrogen-bond acceptors (Lipinski definition) is 2. The number of hydrogen-bond donors (Lipinski definition) is 1. The molecule has 0 aliphatic carbocycles. The van der Waals surface area contributed by atoms with E-state index >= 15 is 0 Å². The van der Waals surface area contributed by atoms with Crippen molar-refractivity contribution in [2.24, 2.45) is 10.9 Å². The van der Waals surface area contributed by atoms with E-state index in [9.17, 15) is 0 Å². The molecule has 1 aromatic heterocycles. The SMILES string of the molecule is CN=C(NCC(C)c1ccccc1)N1CCC(C)C(n2ccnc2)C1.I. The summed E-state index contributed by atoms with van der Waals surface area (Å²) in [7, 11) is 1.87. The van der Waals surface area contributed by atoms with Crippen LogP contribution in [0.25, 0.3) is 0 Å². The van der Waals surface area contributed by atoms with Crippen molar-refractivity contribution in [2.45, 2.75) is 32.2 Å². The Morgan fingerprint density at radius 3 is 2.77 bits per heavy atom. The summed E-state index contributed by atoms with van der Waals surface area (Å²) in [5.74, 6) is 2.10. The molecule has 2 heterocycles. The fourth-order valence-corrected chi connectivity index (χ4v) is 3.57. The molecule has 6 heteroatoms. The Bertz CT molecular complexity index is 671. The second-order valence-corrected chi connectivity index (χ2v) is 7.03. The zero-order chi connectivity index (χ0) is 17.6. The molecule has 2 aromatic rings. The molecular formula is C20H30IN5. The molecule has 1 aliphatic heterocycles. The monoisotopic (exact) mass is 467 g/mol. The summed E-state index contributed by atoms with van der Waals surface area (Å²) >= 11 is 0. The molecule has 0 spiro atoms. The largest absolute Gasteiger partial charge is 0.356 e. The van der Waals surface area contributed by atoms with Crippen LogP contribution in [0.5, 0.6) is 0 Å². The first-order chi connectivity index (χ1) is 12.2. The van der Waals surface area contributed by atoms with Gasteiger partial charge < -0.3 is 14.8 Å². The van der Waals surface area contributed by atoms with Crippen molar-refractivity contribution in [3.8, 4) is 0 Å². The van der Waals surface area contributed by atoms with Gasteiger partial charge in [-0.3, -0.25) is 4.99 Å². The van der Waals surface area contributed by atoms with E-state index in [0.717, 1.165) is 32.0 Å². The minimum absolute atomic E-state index is 0. The standard InChI is InChI=1S/C20H29N5.HI/c1-16-9-11-24(14-19(16)25-12-10-22-15-25)20(21-3)23-13-17(2)18-7-5-4-6-8-18;/h4-8,10,12,15-17,19H,9,11,13-14H2,1-3H3,(H,21,23);1H. The van der Waals surface area contributed by atoms with Gasteiger partial charge in [-0.1, -0.05) is 44.2 Å². The van der Waals surface area contributed by atoms with E-state index < -0.39 is 0 Å². The lowest BCUT2D eigenvalue weighted by Gasteiger charge is -2.39. The molecular weight excluding hydrogens is 437 g/mol. The Kier molecular flexibility index (Phi) is 7.93. The maximum absolute atomic E-state index is 4.52. The highest BCUT2D eigenvalue weighted by atomic mass is 127. The Morgan fingerprint density at radius 1 is 1.35 bits per heavy atom. The summed E-state index contributed by atoms with van der Waals surface area (Å²) in [4.78, 5) is 11.1. The van der Waals surface area contributed by atoms with Crippen molar-refractivity contribution in [2.75, 3.05) is 26.7 Å². The van der Waals surface area contributed by atoms with Gasteiger partial charge in [0.15, 0.2) is 5.96 Å². The molecule has 3 unspecified atom stereocenters. The number of halogens is 1. The normalized spacial score (nSPS) is 21.8. The van der Waals surface area contributed by atoms with Gasteiger partial charge in [-0.15, -0.1) is 24.0 Å². The number of nitrogens with one attached hydrogen (secondary N) is 1. The topological polar surface area (TPSA) is 45.5 Å². The highest BCUT2D eigenvalue weighted by Gasteiger charge is 2.28. The zero-order valence-electron chi connectivity index (χ0n) is 15.9. The van der Waals surface area contributed by atoms with Gasteiger partial charge in [-0.2, -0.15) is 0 Å². The molecule has 0 amide bonds. The third-order valence-electron chi connectivity index (χ3n) is 5.27. The lowest BCUT2D eigenvalue weighted by Crippen LogP contribution is -2.49. The van der Waals surface area contributed by atoms with Gasteiger partial charge in [-0.05, 0) is 23.8 Å². The van der Waals surface area contributed by atoms with Crippen LogP contribution in [0.1, 0.15) is 37.8 Å². The molecule has 3 atom stereocenters. The minimum Gasteiger partial charge on any atom is -0.356 e. The molecule has 0 saturated carbocycles. The van der Waals surface area contributed by atoms with E-state index in [1.54, 1.807) is 0 Å². The number of benzene rings is 1. The molecule has 1 aromatic carbocycles. The van der Waals surface area contributed by atoms with E-state index in [4.69, 9.17) is 0 Å². The van der Waals surface area contributed by atoms with Gasteiger partial charge in [0, 0.05) is 39.1 Å². The lowest BCUT2D eigenvalue weighted by atomic mass is 9.93. The summed E-state index contributed by atoms with van der Waals surface area (Å²) in [6.45, 7) is 7.49. The number of aliphatic imine (C=N–C) groups is 1. The van der Waals surface area contributed by atoms with Gasteiger partial charge in [0.1, 0.15) is 0 Å². The maximum atomic E-state index is 4.52. The molecule has 1 N–H and O–H groups in total. The summed E-state index contributed by atoms with van der Waals surface area (Å²) < 4.78 is 2.23. The first kappa shape index (κ1) is 20.7. The predicted molar refractivity (Wildman–Crippen MR) is 118 cm³/mol. The average molecular weight is 467 g/mol. The van der Waals surface area contributed by atoms with Gasteiger partial charge >= 0.3 is 0 Å². The quantitative estimate of drug-likeness (QED) is 0.423. The molecule has 0 bridgehead atoms. The van der Waals surface area contributed by atoms with Crippen LogP contribution >= 0.6 is 24.0 Å². The third-order valence-corrected chi connectivity index (χ3v) is 5.27. The van der Waals surface area contributed by atoms with E-state index in [2.05, 4.69) is 75.1 Å². The van der Waals surface area contributed by atoms with Crippen molar-refractivity contribution in [1.29, 1.82) is 0 Å². The van der Waals surface area contributed by atoms with Crippen LogP contribution in [0.15, 0.2) is 54.0 Å². The van der Waals surface area contributed by atoms with Crippen molar-refractivity contribution in [3.05, 3.63) is 54.6 Å². The summed E-state index contributed by atoms with van der Waals surface area (Å²) in [6, 6.07) is 11.1. The molecule has 5 nitrogen and oxygen atoms in total. The van der Waals surface area contributed by atoms with Crippen molar-refractivity contribution >= 4 is 29.9 Å². The first-order valence-corrected chi connectivity index (χ1v) is 9.17. The number of imidazole rings is 1. The number of piperidine rings is 1. The smallest absolute Gasteiger partial charge is 0.193 e. The molecule has 1 fully saturated rings. The van der Waals surface area contributed by atoms with Crippen LogP contribution in [0, 0.1) is 5.92 Å². The Balaban J connectivity index is 0.00000243. The van der Waals surface area contributed by atoms with Crippen LogP contribution in [-0.4, -0.2) is 47.1 Å². The summed E-state index contributed by atoms with van der Waals surface area (Å²) in [5.41, 5.74) is 1.36. The van der Waals surface area contributed by atoms with Gasteiger partial charge in [0.2, 0.25) is 0 Å². The van der Waals surface area contributed by atoms with E-state index in [1.807, 2.05) is 19.6 Å². The number of nitrogens with zero attached hydrogens (tertiary/aromatic N) is 4. The lowest BCUT2D eigenvalue weighted by molar-refractivity contribution is 0.189.